The second-order valence-corrected chi connectivity index (χ2v) is 5.18. The Morgan fingerprint density at radius 2 is 2.26 bits per heavy atom. The molecule has 1 fully saturated rings. The van der Waals surface area contributed by atoms with Gasteiger partial charge in [-0.2, -0.15) is 0 Å². The van der Waals surface area contributed by atoms with Gasteiger partial charge in [-0.25, -0.2) is 4.98 Å². The Labute approximate surface area is 132 Å². The summed E-state index contributed by atoms with van der Waals surface area (Å²) >= 11 is 0. The Bertz CT molecular complexity index is 717. The van der Waals surface area contributed by atoms with Crippen LogP contribution in [0.25, 0.3) is 0 Å². The molecular formula is C16H17N3O4. The van der Waals surface area contributed by atoms with E-state index >= 15 is 0 Å². The molecule has 0 spiro atoms. The molecule has 1 saturated heterocycles. The Morgan fingerprint density at radius 1 is 1.35 bits per heavy atom. The first-order valence-electron chi connectivity index (χ1n) is 7.38. The number of ether oxygens (including phenoxy) is 2. The topological polar surface area (TPSA) is 93.3 Å². The van der Waals surface area contributed by atoms with Gasteiger partial charge in [0, 0.05) is 24.9 Å². The van der Waals surface area contributed by atoms with Crippen LogP contribution < -0.4 is 15.6 Å². The van der Waals surface area contributed by atoms with Gasteiger partial charge in [-0.05, 0) is 18.2 Å². The van der Waals surface area contributed by atoms with Crippen LogP contribution in [0, 0.1) is 0 Å². The molecule has 1 aliphatic heterocycles. The van der Waals surface area contributed by atoms with Crippen LogP contribution in [-0.2, 0) is 4.74 Å². The van der Waals surface area contributed by atoms with E-state index in [1.165, 1.54) is 12.3 Å². The van der Waals surface area contributed by atoms with E-state index in [0.717, 1.165) is 0 Å². The van der Waals surface area contributed by atoms with Gasteiger partial charge in [0.2, 0.25) is 5.88 Å². The maximum atomic E-state index is 12.3. The first-order chi connectivity index (χ1) is 11.2. The summed E-state index contributed by atoms with van der Waals surface area (Å²) in [5, 5.41) is 2.81. The highest BCUT2D eigenvalue weighted by Gasteiger charge is 2.30. The molecular weight excluding hydrogens is 298 g/mol. The van der Waals surface area contributed by atoms with Crippen LogP contribution in [0.5, 0.6) is 5.88 Å². The second kappa shape index (κ2) is 7.06. The van der Waals surface area contributed by atoms with Gasteiger partial charge < -0.3 is 19.8 Å². The van der Waals surface area contributed by atoms with Crippen molar-refractivity contribution in [3.8, 4) is 5.88 Å². The van der Waals surface area contributed by atoms with Gasteiger partial charge in [0.1, 0.15) is 11.7 Å². The van der Waals surface area contributed by atoms with E-state index in [-0.39, 0.29) is 17.7 Å². The van der Waals surface area contributed by atoms with Gasteiger partial charge in [0.25, 0.3) is 11.5 Å². The van der Waals surface area contributed by atoms with E-state index < -0.39 is 11.5 Å². The van der Waals surface area contributed by atoms with Crippen molar-refractivity contribution in [2.45, 2.75) is 18.6 Å². The fourth-order valence-corrected chi connectivity index (χ4v) is 2.41. The Kier molecular flexibility index (Phi) is 4.68. The average Bonchev–Trinajstić information content (AvgIpc) is 2.58. The van der Waals surface area contributed by atoms with E-state index in [1.807, 2.05) is 6.07 Å². The number of aromatic amines is 1. The predicted molar refractivity (Wildman–Crippen MR) is 82.4 cm³/mol. The van der Waals surface area contributed by atoms with Crippen molar-refractivity contribution in [3.05, 3.63) is 58.6 Å². The lowest BCUT2D eigenvalue weighted by Gasteiger charge is -2.31. The molecule has 1 amide bonds. The number of nitrogens with one attached hydrogen (secondary N) is 2. The minimum atomic E-state index is -0.447. The van der Waals surface area contributed by atoms with Gasteiger partial charge in [0.15, 0.2) is 0 Å². The molecule has 3 rings (SSSR count). The van der Waals surface area contributed by atoms with Gasteiger partial charge in [-0.1, -0.05) is 6.07 Å². The fraction of sp³-hybridized carbons (Fsp3) is 0.312. The molecule has 7 nitrogen and oxygen atoms in total. The molecule has 23 heavy (non-hydrogen) atoms. The molecule has 1 aliphatic rings. The largest absolute Gasteiger partial charge is 0.472 e. The van der Waals surface area contributed by atoms with Crippen molar-refractivity contribution >= 4 is 5.91 Å². The van der Waals surface area contributed by atoms with Crippen LogP contribution in [0.4, 0.5) is 0 Å². The number of nitrogens with zero attached hydrogens (tertiary/aromatic N) is 1. The van der Waals surface area contributed by atoms with Crippen LogP contribution in [-0.4, -0.2) is 41.2 Å². The fourth-order valence-electron chi connectivity index (χ4n) is 2.41. The van der Waals surface area contributed by atoms with Crippen molar-refractivity contribution in [3.63, 3.8) is 0 Å². The second-order valence-electron chi connectivity index (χ2n) is 5.18. The smallest absolute Gasteiger partial charge is 0.260 e. The number of hydrogen-bond acceptors (Lipinski definition) is 5. The van der Waals surface area contributed by atoms with Gasteiger partial charge in [-0.3, -0.25) is 9.59 Å². The maximum absolute atomic E-state index is 12.3. The minimum Gasteiger partial charge on any atom is -0.472 e. The molecule has 0 aromatic carbocycles. The van der Waals surface area contributed by atoms with Crippen molar-refractivity contribution < 1.29 is 14.3 Å². The summed E-state index contributed by atoms with van der Waals surface area (Å²) in [6.45, 7) is 0.879. The number of pyridine rings is 2. The normalized spacial score (nSPS) is 20.7. The molecule has 120 valence electrons. The van der Waals surface area contributed by atoms with Crippen LogP contribution in [0.3, 0.4) is 0 Å². The zero-order valence-electron chi connectivity index (χ0n) is 12.4. The Morgan fingerprint density at radius 3 is 3.04 bits per heavy atom. The third kappa shape index (κ3) is 3.75. The summed E-state index contributed by atoms with van der Waals surface area (Å²) < 4.78 is 11.3. The average molecular weight is 315 g/mol. The molecule has 0 aliphatic carbocycles. The number of hydrogen-bond donors (Lipinski definition) is 2. The van der Waals surface area contributed by atoms with Crippen molar-refractivity contribution in [1.82, 2.24) is 15.3 Å². The zero-order chi connectivity index (χ0) is 16.1. The molecule has 0 unspecified atom stereocenters. The number of amides is 1. The molecule has 2 aromatic heterocycles. The standard InChI is InChI=1S/C16H17N3O4/c20-15-11(4-3-8-18-15)16(21)19-12-10-22-9-6-13(12)23-14-5-1-2-7-17-14/h1-5,7-8,12-13H,6,9-10H2,(H,18,20)(H,19,21)/t12-,13-/m1/s1. The number of H-pyrrole nitrogens is 1. The van der Waals surface area contributed by atoms with Gasteiger partial charge in [-0.15, -0.1) is 0 Å². The monoisotopic (exact) mass is 315 g/mol. The molecule has 3 heterocycles. The minimum absolute atomic E-state index is 0.0645. The lowest BCUT2D eigenvalue weighted by molar-refractivity contribution is -0.00450. The third-order valence-electron chi connectivity index (χ3n) is 3.58. The highest BCUT2D eigenvalue weighted by molar-refractivity contribution is 5.94. The Balaban J connectivity index is 1.70. The molecule has 0 radical (unpaired) electrons. The molecule has 0 bridgehead atoms. The molecule has 0 saturated carbocycles. The van der Waals surface area contributed by atoms with Crippen molar-refractivity contribution in [1.29, 1.82) is 0 Å². The summed E-state index contributed by atoms with van der Waals surface area (Å²) in [4.78, 5) is 30.6. The molecule has 7 heteroatoms. The van der Waals surface area contributed by atoms with E-state index in [2.05, 4.69) is 15.3 Å². The SMILES string of the molecule is O=C(N[C@@H]1COCC[C@H]1Oc1ccccn1)c1ccc[nH]c1=O. The van der Waals surface area contributed by atoms with Crippen molar-refractivity contribution in [2.24, 2.45) is 0 Å². The molecule has 2 N–H and O–H groups in total. The maximum Gasteiger partial charge on any atom is 0.260 e. The first-order valence-corrected chi connectivity index (χ1v) is 7.38. The van der Waals surface area contributed by atoms with Gasteiger partial charge >= 0.3 is 0 Å². The van der Waals surface area contributed by atoms with Crippen LogP contribution in [0.15, 0.2) is 47.5 Å². The number of carbonyl (C=O) groups is 1. The first kappa shape index (κ1) is 15.2. The Hall–Kier alpha value is -2.67. The summed E-state index contributed by atoms with van der Waals surface area (Å²) in [6.07, 6.45) is 3.50. The van der Waals surface area contributed by atoms with Crippen LogP contribution in [0.1, 0.15) is 16.8 Å². The quantitative estimate of drug-likeness (QED) is 0.868. The lowest BCUT2D eigenvalue weighted by Crippen LogP contribution is -2.52. The van der Waals surface area contributed by atoms with E-state index in [1.54, 1.807) is 24.4 Å². The summed E-state index contributed by atoms with van der Waals surface area (Å²) in [7, 11) is 0. The van der Waals surface area contributed by atoms with E-state index in [9.17, 15) is 9.59 Å². The summed E-state index contributed by atoms with van der Waals surface area (Å²) in [5.74, 6) is 0.0492. The highest BCUT2D eigenvalue weighted by atomic mass is 16.5. The van der Waals surface area contributed by atoms with Crippen LogP contribution >= 0.6 is 0 Å². The predicted octanol–water partition coefficient (Wildman–Crippen LogP) is 0.736. The number of aromatic nitrogens is 2. The zero-order valence-corrected chi connectivity index (χ0v) is 12.4. The number of rotatable bonds is 4. The van der Waals surface area contributed by atoms with Crippen molar-refractivity contribution in [2.75, 3.05) is 13.2 Å². The molecule has 2 aromatic rings. The lowest BCUT2D eigenvalue weighted by atomic mass is 10.1. The summed E-state index contributed by atoms with van der Waals surface area (Å²) in [6, 6.07) is 8.13. The summed E-state index contributed by atoms with van der Waals surface area (Å²) in [5.41, 5.74) is -0.362. The number of carbonyl (C=O) groups excluding carboxylic acids is 1. The highest BCUT2D eigenvalue weighted by Crippen LogP contribution is 2.16. The van der Waals surface area contributed by atoms with E-state index in [4.69, 9.17) is 9.47 Å². The van der Waals surface area contributed by atoms with Crippen LogP contribution in [0.2, 0.25) is 0 Å². The molecule has 2 atom stereocenters. The van der Waals surface area contributed by atoms with E-state index in [0.29, 0.717) is 25.5 Å². The third-order valence-corrected chi connectivity index (χ3v) is 3.58. The van der Waals surface area contributed by atoms with Gasteiger partial charge in [0.05, 0.1) is 19.3 Å².